The molecule has 1 atom stereocenters. The van der Waals surface area contributed by atoms with Gasteiger partial charge in [0, 0.05) is 30.9 Å². The number of nitrogens with one attached hydrogen (secondary N) is 2. The van der Waals surface area contributed by atoms with Gasteiger partial charge in [0.25, 0.3) is 5.56 Å². The molecule has 132 valence electrons. The standard InChI is InChI=1S/C20H21N5O/c26-20-17-11-22-19-16(8-9-21-19)18(17)25(23-20)15-7-4-10-24(13-15)12-14-5-2-1-3-6-14/h1-3,5-6,8-9,11,15H,4,7,10,12-13H2,(H,21,22)(H,23,26). The Morgan fingerprint density at radius 2 is 2.04 bits per heavy atom. The molecule has 2 N–H and O–H groups in total. The van der Waals surface area contributed by atoms with E-state index < -0.39 is 0 Å². The minimum absolute atomic E-state index is 0.0595. The maximum absolute atomic E-state index is 12.4. The second-order valence-corrected chi connectivity index (χ2v) is 7.09. The summed E-state index contributed by atoms with van der Waals surface area (Å²) in [7, 11) is 0. The zero-order chi connectivity index (χ0) is 17.5. The van der Waals surface area contributed by atoms with Gasteiger partial charge in [0.2, 0.25) is 0 Å². The van der Waals surface area contributed by atoms with Crippen molar-refractivity contribution in [2.45, 2.75) is 25.4 Å². The smallest absolute Gasteiger partial charge is 0.273 e. The van der Waals surface area contributed by atoms with Gasteiger partial charge < -0.3 is 4.98 Å². The van der Waals surface area contributed by atoms with Crippen LogP contribution in [-0.2, 0) is 6.54 Å². The topological polar surface area (TPSA) is 69.7 Å². The van der Waals surface area contributed by atoms with Gasteiger partial charge >= 0.3 is 0 Å². The molecule has 6 heteroatoms. The molecule has 1 aliphatic heterocycles. The van der Waals surface area contributed by atoms with Gasteiger partial charge in [-0.2, -0.15) is 0 Å². The molecule has 1 fully saturated rings. The number of fused-ring (bicyclic) bond motifs is 3. The number of rotatable bonds is 3. The SMILES string of the molecule is O=c1[nH]n(C2CCCN(Cc3ccccc3)C2)c2c1cnc1[nH]ccc12. The molecule has 0 radical (unpaired) electrons. The van der Waals surface area contributed by atoms with Crippen LogP contribution in [0.1, 0.15) is 24.4 Å². The third kappa shape index (κ3) is 2.54. The van der Waals surface area contributed by atoms with Crippen molar-refractivity contribution in [3.8, 4) is 0 Å². The number of aromatic nitrogens is 4. The summed E-state index contributed by atoms with van der Waals surface area (Å²) in [5, 5.41) is 4.73. The van der Waals surface area contributed by atoms with E-state index in [1.165, 1.54) is 5.56 Å². The van der Waals surface area contributed by atoms with Crippen LogP contribution in [0.4, 0.5) is 0 Å². The summed E-state index contributed by atoms with van der Waals surface area (Å²) in [5.41, 5.74) is 3.06. The van der Waals surface area contributed by atoms with E-state index in [4.69, 9.17) is 0 Å². The molecule has 0 bridgehead atoms. The summed E-state index contributed by atoms with van der Waals surface area (Å²) in [6.45, 7) is 2.97. The molecular weight excluding hydrogens is 326 g/mol. The molecule has 0 aliphatic carbocycles. The lowest BCUT2D eigenvalue weighted by atomic mass is 10.0. The van der Waals surface area contributed by atoms with Crippen LogP contribution in [0, 0.1) is 0 Å². The third-order valence-electron chi connectivity index (χ3n) is 5.36. The molecule has 1 saturated heterocycles. The number of H-pyrrole nitrogens is 2. The number of hydrogen-bond donors (Lipinski definition) is 2. The third-order valence-corrected chi connectivity index (χ3v) is 5.36. The number of hydrogen-bond acceptors (Lipinski definition) is 3. The van der Waals surface area contributed by atoms with E-state index in [0.717, 1.165) is 49.0 Å². The van der Waals surface area contributed by atoms with E-state index in [2.05, 4.69) is 55.0 Å². The highest BCUT2D eigenvalue weighted by atomic mass is 16.1. The number of nitrogens with zero attached hydrogens (tertiary/aromatic N) is 3. The predicted octanol–water partition coefficient (Wildman–Crippen LogP) is 3.04. The highest BCUT2D eigenvalue weighted by Gasteiger charge is 2.24. The first-order valence-electron chi connectivity index (χ1n) is 9.12. The number of piperidine rings is 1. The van der Waals surface area contributed by atoms with Gasteiger partial charge in [-0.05, 0) is 31.0 Å². The number of pyridine rings is 1. The fraction of sp³-hybridized carbons (Fsp3) is 0.300. The lowest BCUT2D eigenvalue weighted by Crippen LogP contribution is -2.36. The second-order valence-electron chi connectivity index (χ2n) is 7.09. The Labute approximate surface area is 150 Å². The molecule has 4 aromatic rings. The molecule has 5 rings (SSSR count). The molecule has 1 aliphatic rings. The minimum Gasteiger partial charge on any atom is -0.346 e. The van der Waals surface area contributed by atoms with Gasteiger partial charge in [-0.25, -0.2) is 4.98 Å². The van der Waals surface area contributed by atoms with Crippen molar-refractivity contribution in [2.75, 3.05) is 13.1 Å². The molecule has 6 nitrogen and oxygen atoms in total. The van der Waals surface area contributed by atoms with Gasteiger partial charge in [0.05, 0.1) is 16.9 Å². The van der Waals surface area contributed by atoms with Crippen molar-refractivity contribution in [2.24, 2.45) is 0 Å². The number of aromatic amines is 2. The largest absolute Gasteiger partial charge is 0.346 e. The lowest BCUT2D eigenvalue weighted by molar-refractivity contribution is 0.165. The summed E-state index contributed by atoms with van der Waals surface area (Å²) in [6.07, 6.45) is 5.75. The fourth-order valence-corrected chi connectivity index (χ4v) is 4.15. The lowest BCUT2D eigenvalue weighted by Gasteiger charge is -2.33. The first-order valence-corrected chi connectivity index (χ1v) is 9.12. The Hall–Kier alpha value is -2.86. The summed E-state index contributed by atoms with van der Waals surface area (Å²) in [4.78, 5) is 22.4. The number of benzene rings is 1. The molecule has 1 unspecified atom stereocenters. The van der Waals surface area contributed by atoms with Crippen LogP contribution in [-0.4, -0.2) is 37.7 Å². The van der Waals surface area contributed by atoms with E-state index in [9.17, 15) is 4.79 Å². The summed E-state index contributed by atoms with van der Waals surface area (Å²) in [5.74, 6) is 0. The van der Waals surface area contributed by atoms with Gasteiger partial charge in [-0.1, -0.05) is 30.3 Å². The van der Waals surface area contributed by atoms with Gasteiger partial charge in [0.1, 0.15) is 5.65 Å². The monoisotopic (exact) mass is 347 g/mol. The van der Waals surface area contributed by atoms with Crippen LogP contribution in [0.15, 0.2) is 53.6 Å². The summed E-state index contributed by atoms with van der Waals surface area (Å²) >= 11 is 0. The molecular formula is C20H21N5O. The second kappa shape index (κ2) is 6.14. The molecule has 4 heterocycles. The molecule has 3 aromatic heterocycles. The van der Waals surface area contributed by atoms with Crippen molar-refractivity contribution in [1.82, 2.24) is 24.6 Å². The van der Waals surface area contributed by atoms with Crippen LogP contribution >= 0.6 is 0 Å². The first kappa shape index (κ1) is 15.4. The molecule has 1 aromatic carbocycles. The molecule has 0 spiro atoms. The van der Waals surface area contributed by atoms with Crippen molar-refractivity contribution >= 4 is 21.9 Å². The maximum Gasteiger partial charge on any atom is 0.273 e. The summed E-state index contributed by atoms with van der Waals surface area (Å²) < 4.78 is 2.08. The Kier molecular flexibility index (Phi) is 3.64. The predicted molar refractivity (Wildman–Crippen MR) is 102 cm³/mol. The van der Waals surface area contributed by atoms with Crippen molar-refractivity contribution in [1.29, 1.82) is 0 Å². The normalized spacial score (nSPS) is 18.7. The van der Waals surface area contributed by atoms with Crippen LogP contribution in [0.5, 0.6) is 0 Å². The van der Waals surface area contributed by atoms with Gasteiger partial charge in [-0.3, -0.25) is 19.5 Å². The Morgan fingerprint density at radius 1 is 1.15 bits per heavy atom. The Morgan fingerprint density at radius 3 is 2.92 bits per heavy atom. The molecule has 0 saturated carbocycles. The summed E-state index contributed by atoms with van der Waals surface area (Å²) in [6, 6.07) is 12.8. The van der Waals surface area contributed by atoms with Crippen LogP contribution in [0.25, 0.3) is 21.9 Å². The maximum atomic E-state index is 12.4. The van der Waals surface area contributed by atoms with Gasteiger partial charge in [0.15, 0.2) is 0 Å². The average Bonchev–Trinajstić information content (AvgIpc) is 3.27. The van der Waals surface area contributed by atoms with Crippen LogP contribution in [0.2, 0.25) is 0 Å². The average molecular weight is 347 g/mol. The Bertz CT molecular complexity index is 1110. The zero-order valence-corrected chi connectivity index (χ0v) is 14.5. The quantitative estimate of drug-likeness (QED) is 0.598. The first-order chi connectivity index (χ1) is 12.8. The van der Waals surface area contributed by atoms with E-state index in [1.54, 1.807) is 6.20 Å². The van der Waals surface area contributed by atoms with Gasteiger partial charge in [-0.15, -0.1) is 0 Å². The molecule has 26 heavy (non-hydrogen) atoms. The highest BCUT2D eigenvalue weighted by Crippen LogP contribution is 2.28. The van der Waals surface area contributed by atoms with E-state index >= 15 is 0 Å². The minimum atomic E-state index is -0.0595. The van der Waals surface area contributed by atoms with Crippen molar-refractivity contribution in [3.05, 3.63) is 64.7 Å². The van der Waals surface area contributed by atoms with Crippen LogP contribution < -0.4 is 5.56 Å². The zero-order valence-electron chi connectivity index (χ0n) is 14.5. The van der Waals surface area contributed by atoms with Crippen LogP contribution in [0.3, 0.4) is 0 Å². The highest BCUT2D eigenvalue weighted by molar-refractivity contribution is 6.02. The fourth-order valence-electron chi connectivity index (χ4n) is 4.15. The van der Waals surface area contributed by atoms with E-state index in [-0.39, 0.29) is 11.6 Å². The van der Waals surface area contributed by atoms with Crippen molar-refractivity contribution < 1.29 is 0 Å². The van der Waals surface area contributed by atoms with E-state index in [0.29, 0.717) is 5.39 Å². The van der Waals surface area contributed by atoms with E-state index in [1.807, 2.05) is 12.3 Å². The van der Waals surface area contributed by atoms with Crippen molar-refractivity contribution in [3.63, 3.8) is 0 Å². The Balaban J connectivity index is 1.51. The molecule has 0 amide bonds. The number of likely N-dealkylation sites (tertiary alicyclic amines) is 1.